The number of amides is 1. The van der Waals surface area contributed by atoms with E-state index in [0.717, 1.165) is 13.1 Å². The number of ether oxygens (including phenoxy) is 1. The van der Waals surface area contributed by atoms with Crippen molar-refractivity contribution in [1.82, 2.24) is 10.6 Å². The van der Waals surface area contributed by atoms with Crippen molar-refractivity contribution in [1.29, 1.82) is 0 Å². The second-order valence-electron chi connectivity index (χ2n) is 4.94. The maximum absolute atomic E-state index is 13.2. The van der Waals surface area contributed by atoms with Crippen LogP contribution in [0.3, 0.4) is 0 Å². The summed E-state index contributed by atoms with van der Waals surface area (Å²) >= 11 is 5.56. The number of carbonyl (C=O) groups is 1. The fraction of sp³-hybridized carbons (Fsp3) is 0.462. The predicted molar refractivity (Wildman–Crippen MR) is 68.7 cm³/mol. The number of rotatable bonds is 4. The van der Waals surface area contributed by atoms with Crippen LogP contribution in [0.15, 0.2) is 18.2 Å². The summed E-state index contributed by atoms with van der Waals surface area (Å²) in [7, 11) is 0. The van der Waals surface area contributed by atoms with Crippen LogP contribution >= 0.6 is 11.6 Å². The van der Waals surface area contributed by atoms with Gasteiger partial charge >= 0.3 is 0 Å². The maximum Gasteiger partial charge on any atom is 0.258 e. The summed E-state index contributed by atoms with van der Waals surface area (Å²) in [5, 5.41) is 6.22. The Labute approximate surface area is 115 Å². The van der Waals surface area contributed by atoms with E-state index in [4.69, 9.17) is 16.3 Å². The van der Waals surface area contributed by atoms with Gasteiger partial charge in [-0.05, 0) is 24.0 Å². The lowest BCUT2D eigenvalue weighted by atomic mass is 10.3. The molecule has 1 amide bonds. The van der Waals surface area contributed by atoms with E-state index in [1.807, 2.05) is 0 Å². The number of hydrogen-bond acceptors (Lipinski definition) is 3. The first kappa shape index (κ1) is 12.7. The summed E-state index contributed by atoms with van der Waals surface area (Å²) in [6, 6.07) is 4.39. The van der Waals surface area contributed by atoms with Crippen LogP contribution < -0.4 is 15.4 Å². The Kier molecular flexibility index (Phi) is 3.33. The first-order chi connectivity index (χ1) is 9.15. The molecule has 2 aliphatic rings. The van der Waals surface area contributed by atoms with Crippen molar-refractivity contribution in [2.45, 2.75) is 6.04 Å². The minimum absolute atomic E-state index is 0.0371. The molecule has 19 heavy (non-hydrogen) atoms. The number of fused-ring (bicyclic) bond motifs is 1. The third kappa shape index (κ3) is 2.67. The number of benzene rings is 1. The number of halogens is 2. The Morgan fingerprint density at radius 1 is 1.47 bits per heavy atom. The number of piperidine rings is 1. The van der Waals surface area contributed by atoms with E-state index in [0.29, 0.717) is 17.6 Å². The average Bonchev–Trinajstić information content (AvgIpc) is 2.84. The topological polar surface area (TPSA) is 50.4 Å². The SMILES string of the molecule is O=C(COc1ccc(Cl)c(F)c1)NC1[C@H]2CNC[C@@H]12. The molecule has 1 aromatic rings. The van der Waals surface area contributed by atoms with Gasteiger partial charge in [-0.2, -0.15) is 0 Å². The lowest BCUT2D eigenvalue weighted by molar-refractivity contribution is -0.123. The van der Waals surface area contributed by atoms with Crippen LogP contribution in [-0.2, 0) is 4.79 Å². The van der Waals surface area contributed by atoms with Crippen molar-refractivity contribution >= 4 is 17.5 Å². The van der Waals surface area contributed by atoms with Gasteiger partial charge in [0.1, 0.15) is 11.6 Å². The highest BCUT2D eigenvalue weighted by Gasteiger charge is 2.53. The molecule has 1 saturated heterocycles. The minimum atomic E-state index is -0.553. The molecule has 2 fully saturated rings. The molecule has 2 N–H and O–H groups in total. The molecule has 0 aromatic heterocycles. The number of hydrogen-bond donors (Lipinski definition) is 2. The predicted octanol–water partition coefficient (Wildman–Crippen LogP) is 1.19. The van der Waals surface area contributed by atoms with E-state index in [1.54, 1.807) is 0 Å². The Morgan fingerprint density at radius 2 is 2.21 bits per heavy atom. The van der Waals surface area contributed by atoms with Crippen molar-refractivity contribution in [2.24, 2.45) is 11.8 Å². The normalized spacial score (nSPS) is 27.8. The molecule has 3 rings (SSSR count). The zero-order chi connectivity index (χ0) is 13.4. The summed E-state index contributed by atoms with van der Waals surface area (Å²) < 4.78 is 18.4. The number of nitrogens with one attached hydrogen (secondary N) is 2. The summed E-state index contributed by atoms with van der Waals surface area (Å²) in [5.41, 5.74) is 0. The van der Waals surface area contributed by atoms with Crippen LogP contribution in [0.25, 0.3) is 0 Å². The molecule has 1 unspecified atom stereocenters. The van der Waals surface area contributed by atoms with Gasteiger partial charge in [0.2, 0.25) is 0 Å². The molecule has 1 aromatic carbocycles. The lowest BCUT2D eigenvalue weighted by Crippen LogP contribution is -2.35. The summed E-state index contributed by atoms with van der Waals surface area (Å²) in [6.45, 7) is 1.84. The van der Waals surface area contributed by atoms with Gasteiger partial charge in [0, 0.05) is 25.2 Å². The summed E-state index contributed by atoms with van der Waals surface area (Å²) in [6.07, 6.45) is 0. The first-order valence-electron chi connectivity index (χ1n) is 6.23. The Balaban J connectivity index is 1.46. The Bertz CT molecular complexity index is 501. The van der Waals surface area contributed by atoms with Crippen LogP contribution in [0, 0.1) is 17.7 Å². The minimum Gasteiger partial charge on any atom is -0.484 e. The standard InChI is InChI=1S/C13H14ClFN2O2/c14-10-2-1-7(3-11(10)15)19-6-12(18)17-13-8-4-16-5-9(8)13/h1-3,8-9,13,16H,4-6H2,(H,17,18)/t8-,9+,13?. The van der Waals surface area contributed by atoms with E-state index in [1.165, 1.54) is 18.2 Å². The summed E-state index contributed by atoms with van der Waals surface area (Å²) in [4.78, 5) is 11.7. The van der Waals surface area contributed by atoms with Gasteiger partial charge in [0.25, 0.3) is 5.91 Å². The molecule has 1 saturated carbocycles. The van der Waals surface area contributed by atoms with Gasteiger partial charge in [-0.25, -0.2) is 4.39 Å². The van der Waals surface area contributed by atoms with E-state index in [9.17, 15) is 9.18 Å². The number of carbonyl (C=O) groups excluding carboxylic acids is 1. The highest BCUT2D eigenvalue weighted by molar-refractivity contribution is 6.30. The van der Waals surface area contributed by atoms with E-state index < -0.39 is 5.82 Å². The van der Waals surface area contributed by atoms with Gasteiger partial charge < -0.3 is 15.4 Å². The third-order valence-electron chi connectivity index (χ3n) is 3.68. The molecule has 3 atom stereocenters. The van der Waals surface area contributed by atoms with Crippen molar-refractivity contribution in [3.63, 3.8) is 0 Å². The molecule has 1 aliphatic carbocycles. The molecule has 4 nitrogen and oxygen atoms in total. The van der Waals surface area contributed by atoms with Crippen LogP contribution in [0.5, 0.6) is 5.75 Å². The zero-order valence-corrected chi connectivity index (χ0v) is 10.9. The van der Waals surface area contributed by atoms with Crippen molar-refractivity contribution < 1.29 is 13.9 Å². The third-order valence-corrected chi connectivity index (χ3v) is 3.99. The molecule has 6 heteroatoms. The van der Waals surface area contributed by atoms with Crippen molar-refractivity contribution in [3.05, 3.63) is 29.0 Å². The van der Waals surface area contributed by atoms with Crippen LogP contribution in [-0.4, -0.2) is 31.6 Å². The first-order valence-corrected chi connectivity index (χ1v) is 6.61. The molecule has 102 valence electrons. The van der Waals surface area contributed by atoms with Crippen molar-refractivity contribution in [2.75, 3.05) is 19.7 Å². The zero-order valence-electron chi connectivity index (χ0n) is 10.2. The molecule has 1 aliphatic heterocycles. The van der Waals surface area contributed by atoms with Gasteiger partial charge in [-0.15, -0.1) is 0 Å². The second-order valence-corrected chi connectivity index (χ2v) is 5.35. The lowest BCUT2D eigenvalue weighted by Gasteiger charge is -2.09. The van der Waals surface area contributed by atoms with Crippen LogP contribution in [0.4, 0.5) is 4.39 Å². The molecule has 1 heterocycles. The molecule has 0 bridgehead atoms. The van der Waals surface area contributed by atoms with Gasteiger partial charge in [-0.3, -0.25) is 4.79 Å². The maximum atomic E-state index is 13.2. The molecular formula is C13H14ClFN2O2. The van der Waals surface area contributed by atoms with E-state index >= 15 is 0 Å². The Hall–Kier alpha value is -1.33. The highest BCUT2D eigenvalue weighted by atomic mass is 35.5. The van der Waals surface area contributed by atoms with Crippen LogP contribution in [0.1, 0.15) is 0 Å². The molecule has 0 radical (unpaired) electrons. The fourth-order valence-corrected chi connectivity index (χ4v) is 2.69. The fourth-order valence-electron chi connectivity index (χ4n) is 2.58. The second kappa shape index (κ2) is 4.98. The monoisotopic (exact) mass is 284 g/mol. The van der Waals surface area contributed by atoms with Crippen LogP contribution in [0.2, 0.25) is 5.02 Å². The summed E-state index contributed by atoms with van der Waals surface area (Å²) in [5.74, 6) is 0.709. The van der Waals surface area contributed by atoms with Crippen molar-refractivity contribution in [3.8, 4) is 5.75 Å². The highest BCUT2D eigenvalue weighted by Crippen LogP contribution is 2.41. The average molecular weight is 285 g/mol. The van der Waals surface area contributed by atoms with Gasteiger partial charge in [0.05, 0.1) is 5.02 Å². The quantitative estimate of drug-likeness (QED) is 0.873. The van der Waals surface area contributed by atoms with E-state index in [2.05, 4.69) is 10.6 Å². The smallest absolute Gasteiger partial charge is 0.258 e. The molecular weight excluding hydrogens is 271 g/mol. The Morgan fingerprint density at radius 3 is 2.89 bits per heavy atom. The van der Waals surface area contributed by atoms with E-state index in [-0.39, 0.29) is 23.6 Å². The van der Waals surface area contributed by atoms with Gasteiger partial charge in [-0.1, -0.05) is 11.6 Å². The van der Waals surface area contributed by atoms with Gasteiger partial charge in [0.15, 0.2) is 6.61 Å². The largest absolute Gasteiger partial charge is 0.484 e. The molecule has 0 spiro atoms.